The van der Waals surface area contributed by atoms with Gasteiger partial charge in [0.15, 0.2) is 5.78 Å². The Labute approximate surface area is 118 Å². The van der Waals surface area contributed by atoms with Crippen molar-refractivity contribution < 1.29 is 14.3 Å². The van der Waals surface area contributed by atoms with E-state index in [0.29, 0.717) is 6.04 Å². The van der Waals surface area contributed by atoms with Gasteiger partial charge in [-0.2, -0.15) is 0 Å². The molecule has 3 nitrogen and oxygen atoms in total. The summed E-state index contributed by atoms with van der Waals surface area (Å²) in [6.45, 7) is 1.23. The van der Waals surface area contributed by atoms with Gasteiger partial charge in [0.25, 0.3) is 0 Å². The van der Waals surface area contributed by atoms with Crippen molar-refractivity contribution in [3.63, 3.8) is 0 Å². The largest absolute Gasteiger partial charge is 0.507 e. The number of carbonyl (C=O) groups excluding carboxylic acids is 1. The van der Waals surface area contributed by atoms with Gasteiger partial charge in [-0.05, 0) is 49.9 Å². The Balaban J connectivity index is 1.71. The number of halogens is 1. The fraction of sp³-hybridized carbons (Fsp3) is 0.562. The number of Topliss-reactive ketones (excluding diaryl/α,β-unsaturated/α-hetero) is 1. The molecule has 0 spiro atoms. The minimum atomic E-state index is -0.483. The molecule has 1 saturated carbocycles. The summed E-state index contributed by atoms with van der Waals surface area (Å²) in [7, 11) is 0. The molecule has 0 aromatic heterocycles. The Bertz CT molecular complexity index is 517. The van der Waals surface area contributed by atoms with Crippen LogP contribution < -0.4 is 0 Å². The number of nitrogens with zero attached hydrogens (tertiary/aromatic N) is 1. The van der Waals surface area contributed by atoms with Gasteiger partial charge in [-0.15, -0.1) is 0 Å². The van der Waals surface area contributed by atoms with Crippen molar-refractivity contribution in [2.75, 3.05) is 13.1 Å². The molecule has 2 unspecified atom stereocenters. The lowest BCUT2D eigenvalue weighted by Crippen LogP contribution is -2.38. The summed E-state index contributed by atoms with van der Waals surface area (Å²) in [4.78, 5) is 14.5. The van der Waals surface area contributed by atoms with Crippen LogP contribution >= 0.6 is 0 Å². The molecule has 0 radical (unpaired) electrons. The van der Waals surface area contributed by atoms with E-state index in [-0.39, 0.29) is 23.6 Å². The Kier molecular flexibility index (Phi) is 3.74. The van der Waals surface area contributed by atoms with Crippen LogP contribution in [-0.2, 0) is 0 Å². The zero-order chi connectivity index (χ0) is 14.1. The van der Waals surface area contributed by atoms with E-state index in [0.717, 1.165) is 31.4 Å². The molecule has 1 aromatic rings. The summed E-state index contributed by atoms with van der Waals surface area (Å²) in [6, 6.07) is 4.05. The minimum absolute atomic E-state index is 0.101. The van der Waals surface area contributed by atoms with Crippen molar-refractivity contribution >= 4 is 5.78 Å². The van der Waals surface area contributed by atoms with Crippen LogP contribution in [0.5, 0.6) is 5.75 Å². The molecule has 1 aliphatic carbocycles. The van der Waals surface area contributed by atoms with Crippen LogP contribution in [0.2, 0.25) is 0 Å². The first kappa shape index (κ1) is 13.6. The lowest BCUT2D eigenvalue weighted by molar-refractivity contribution is 0.0892. The molecule has 1 aromatic carbocycles. The second kappa shape index (κ2) is 5.52. The predicted octanol–water partition coefficient (Wildman–Crippen LogP) is 2.98. The van der Waals surface area contributed by atoms with E-state index in [1.807, 2.05) is 0 Å². The summed E-state index contributed by atoms with van der Waals surface area (Å²) in [5.41, 5.74) is 0.101. The van der Waals surface area contributed by atoms with Crippen molar-refractivity contribution in [2.45, 2.75) is 38.1 Å². The fourth-order valence-electron chi connectivity index (χ4n) is 3.70. The second-order valence-corrected chi connectivity index (χ2v) is 5.96. The molecule has 4 heteroatoms. The molecule has 1 aliphatic heterocycles. The molecule has 108 valence electrons. The maximum absolute atomic E-state index is 13.2. The number of fused-ring (bicyclic) bond motifs is 1. The van der Waals surface area contributed by atoms with Gasteiger partial charge in [-0.3, -0.25) is 9.69 Å². The van der Waals surface area contributed by atoms with Gasteiger partial charge >= 0.3 is 0 Å². The van der Waals surface area contributed by atoms with Crippen LogP contribution in [0.15, 0.2) is 18.2 Å². The third kappa shape index (κ3) is 2.57. The van der Waals surface area contributed by atoms with Crippen molar-refractivity contribution in [2.24, 2.45) is 5.92 Å². The van der Waals surface area contributed by atoms with Crippen molar-refractivity contribution in [1.29, 1.82) is 0 Å². The van der Waals surface area contributed by atoms with Crippen LogP contribution in [0.1, 0.15) is 42.5 Å². The number of phenols is 1. The first-order valence-electron chi connectivity index (χ1n) is 7.41. The number of hydrogen-bond donors (Lipinski definition) is 1. The number of aromatic hydroxyl groups is 1. The molecule has 1 heterocycles. The molecule has 2 fully saturated rings. The molecular weight excluding hydrogens is 257 g/mol. The van der Waals surface area contributed by atoms with Crippen molar-refractivity contribution in [3.8, 4) is 5.75 Å². The minimum Gasteiger partial charge on any atom is -0.507 e. The zero-order valence-electron chi connectivity index (χ0n) is 11.5. The third-order valence-electron chi connectivity index (χ3n) is 4.73. The summed E-state index contributed by atoms with van der Waals surface area (Å²) in [5, 5.41) is 9.71. The lowest BCUT2D eigenvalue weighted by atomic mass is 9.85. The zero-order valence-corrected chi connectivity index (χ0v) is 11.5. The standard InChI is InChI=1S/C16H20FNO2/c17-12-5-6-15(19)13(9-12)16(20)10-18-8-7-11-3-1-2-4-14(11)18/h5-6,9,11,14,19H,1-4,7-8,10H2. The van der Waals surface area contributed by atoms with Crippen molar-refractivity contribution in [3.05, 3.63) is 29.6 Å². The van der Waals surface area contributed by atoms with Crippen molar-refractivity contribution in [1.82, 2.24) is 4.90 Å². The van der Waals surface area contributed by atoms with E-state index >= 15 is 0 Å². The maximum atomic E-state index is 13.2. The summed E-state index contributed by atoms with van der Waals surface area (Å²) in [5.74, 6) is -0.0789. The number of hydrogen-bond acceptors (Lipinski definition) is 3. The van der Waals surface area contributed by atoms with E-state index in [1.54, 1.807) is 0 Å². The van der Waals surface area contributed by atoms with Crippen LogP contribution in [0, 0.1) is 11.7 Å². The first-order valence-corrected chi connectivity index (χ1v) is 7.41. The molecule has 20 heavy (non-hydrogen) atoms. The lowest BCUT2D eigenvalue weighted by Gasteiger charge is -2.31. The average Bonchev–Trinajstić information content (AvgIpc) is 2.85. The third-order valence-corrected chi connectivity index (χ3v) is 4.73. The topological polar surface area (TPSA) is 40.5 Å². The summed E-state index contributed by atoms with van der Waals surface area (Å²) in [6.07, 6.45) is 6.12. The van der Waals surface area contributed by atoms with Gasteiger partial charge in [0.1, 0.15) is 11.6 Å². The van der Waals surface area contributed by atoms with Gasteiger partial charge < -0.3 is 5.11 Å². The molecule has 1 saturated heterocycles. The highest BCUT2D eigenvalue weighted by Crippen LogP contribution is 2.36. The van der Waals surface area contributed by atoms with E-state index < -0.39 is 5.82 Å². The van der Waals surface area contributed by atoms with Gasteiger partial charge in [-0.25, -0.2) is 4.39 Å². The Morgan fingerprint density at radius 2 is 2.10 bits per heavy atom. The first-order chi connectivity index (χ1) is 9.65. The normalized spacial score (nSPS) is 26.4. The highest BCUT2D eigenvalue weighted by molar-refractivity contribution is 6.00. The van der Waals surface area contributed by atoms with Crippen LogP contribution in [-0.4, -0.2) is 34.9 Å². The van der Waals surface area contributed by atoms with Crippen LogP contribution in [0.25, 0.3) is 0 Å². The van der Waals surface area contributed by atoms with E-state index in [1.165, 1.54) is 31.4 Å². The number of ketones is 1. The molecule has 2 atom stereocenters. The predicted molar refractivity (Wildman–Crippen MR) is 74.3 cm³/mol. The Hall–Kier alpha value is -1.42. The quantitative estimate of drug-likeness (QED) is 0.863. The number of phenolic OH excluding ortho intramolecular Hbond substituents is 1. The van der Waals surface area contributed by atoms with Gasteiger partial charge in [-0.1, -0.05) is 12.8 Å². The smallest absolute Gasteiger partial charge is 0.180 e. The Morgan fingerprint density at radius 3 is 2.95 bits per heavy atom. The molecule has 0 bridgehead atoms. The second-order valence-electron chi connectivity index (χ2n) is 5.96. The number of rotatable bonds is 3. The van der Waals surface area contributed by atoms with E-state index in [2.05, 4.69) is 4.90 Å². The molecule has 1 N–H and O–H groups in total. The molecule has 2 aliphatic rings. The van der Waals surface area contributed by atoms with Gasteiger partial charge in [0, 0.05) is 6.04 Å². The van der Waals surface area contributed by atoms with E-state index in [4.69, 9.17) is 0 Å². The van der Waals surface area contributed by atoms with Crippen LogP contribution in [0.3, 0.4) is 0 Å². The summed E-state index contributed by atoms with van der Waals surface area (Å²) >= 11 is 0. The van der Waals surface area contributed by atoms with Crippen LogP contribution in [0.4, 0.5) is 4.39 Å². The number of carbonyl (C=O) groups is 1. The fourth-order valence-corrected chi connectivity index (χ4v) is 3.70. The highest BCUT2D eigenvalue weighted by atomic mass is 19.1. The Morgan fingerprint density at radius 1 is 1.30 bits per heavy atom. The molecular formula is C16H20FNO2. The number of benzene rings is 1. The van der Waals surface area contributed by atoms with E-state index in [9.17, 15) is 14.3 Å². The van der Waals surface area contributed by atoms with Gasteiger partial charge in [0.05, 0.1) is 12.1 Å². The highest BCUT2D eigenvalue weighted by Gasteiger charge is 2.36. The maximum Gasteiger partial charge on any atom is 0.180 e. The number of likely N-dealkylation sites (tertiary alicyclic amines) is 1. The summed E-state index contributed by atoms with van der Waals surface area (Å²) < 4.78 is 13.2. The monoisotopic (exact) mass is 277 g/mol. The average molecular weight is 277 g/mol. The molecule has 0 amide bonds. The molecule has 3 rings (SSSR count). The SMILES string of the molecule is O=C(CN1CCC2CCCCC21)c1cc(F)ccc1O. The van der Waals surface area contributed by atoms with Gasteiger partial charge in [0.2, 0.25) is 0 Å².